The van der Waals surface area contributed by atoms with Gasteiger partial charge in [-0.15, -0.1) is 11.3 Å². The number of halogens is 1. The molecule has 138 valence electrons. The van der Waals surface area contributed by atoms with Crippen molar-refractivity contribution in [3.05, 3.63) is 82.3 Å². The largest absolute Gasteiger partial charge is 0.289 e. The molecule has 0 unspecified atom stereocenters. The molecular formula is C25H19FOS. The molecule has 0 atom stereocenters. The van der Waals surface area contributed by atoms with E-state index in [1.54, 1.807) is 6.07 Å². The Labute approximate surface area is 166 Å². The molecular weight excluding hydrogens is 367 g/mol. The van der Waals surface area contributed by atoms with Crippen molar-refractivity contribution < 1.29 is 4.39 Å². The summed E-state index contributed by atoms with van der Waals surface area (Å²) in [7, 11) is 0. The minimum Gasteiger partial charge on any atom is -0.289 e. The smallest absolute Gasteiger partial charge is 0.195 e. The molecule has 4 aromatic carbocycles. The molecule has 3 heteroatoms. The van der Waals surface area contributed by atoms with E-state index in [2.05, 4.69) is 57.2 Å². The highest BCUT2D eigenvalue weighted by Crippen LogP contribution is 2.35. The van der Waals surface area contributed by atoms with Crippen LogP contribution in [0.25, 0.3) is 41.7 Å². The van der Waals surface area contributed by atoms with Crippen LogP contribution in [0.15, 0.2) is 65.5 Å². The Morgan fingerprint density at radius 3 is 2.25 bits per heavy atom. The van der Waals surface area contributed by atoms with Crippen LogP contribution in [0.5, 0.6) is 0 Å². The second kappa shape index (κ2) is 5.86. The maximum Gasteiger partial charge on any atom is 0.195 e. The maximum atomic E-state index is 13.7. The van der Waals surface area contributed by atoms with Crippen molar-refractivity contribution in [3.8, 4) is 0 Å². The van der Waals surface area contributed by atoms with E-state index in [1.165, 1.54) is 39.8 Å². The molecule has 1 aromatic heterocycles. The Kier molecular flexibility index (Phi) is 3.62. The van der Waals surface area contributed by atoms with Crippen LogP contribution in [0.3, 0.4) is 0 Å². The maximum absolute atomic E-state index is 13.7. The van der Waals surface area contributed by atoms with E-state index >= 15 is 0 Å². The molecule has 28 heavy (non-hydrogen) atoms. The molecule has 5 rings (SSSR count). The third-order valence-corrected chi connectivity index (χ3v) is 6.53. The Hall–Kier alpha value is -2.78. The Morgan fingerprint density at radius 1 is 0.750 bits per heavy atom. The van der Waals surface area contributed by atoms with Crippen LogP contribution in [-0.4, -0.2) is 0 Å². The van der Waals surface area contributed by atoms with Crippen molar-refractivity contribution in [3.63, 3.8) is 0 Å². The molecule has 5 aromatic rings. The molecule has 0 amide bonds. The summed E-state index contributed by atoms with van der Waals surface area (Å²) in [5.41, 5.74) is 1.22. The molecule has 1 heterocycles. The lowest BCUT2D eigenvalue weighted by Crippen LogP contribution is -2.11. The van der Waals surface area contributed by atoms with E-state index in [-0.39, 0.29) is 16.7 Å². The van der Waals surface area contributed by atoms with Crippen molar-refractivity contribution in [1.29, 1.82) is 0 Å². The monoisotopic (exact) mass is 386 g/mol. The van der Waals surface area contributed by atoms with Crippen molar-refractivity contribution in [2.75, 3.05) is 0 Å². The van der Waals surface area contributed by atoms with E-state index in [4.69, 9.17) is 0 Å². The molecule has 0 spiro atoms. The van der Waals surface area contributed by atoms with Crippen molar-refractivity contribution in [2.45, 2.75) is 26.2 Å². The van der Waals surface area contributed by atoms with Gasteiger partial charge in [0.15, 0.2) is 5.43 Å². The zero-order chi connectivity index (χ0) is 19.6. The first-order valence-electron chi connectivity index (χ1n) is 9.34. The van der Waals surface area contributed by atoms with E-state index in [0.29, 0.717) is 10.8 Å². The van der Waals surface area contributed by atoms with Crippen LogP contribution in [0.1, 0.15) is 26.3 Å². The fraction of sp³-hybridized carbons (Fsp3) is 0.160. The number of rotatable bonds is 0. The summed E-state index contributed by atoms with van der Waals surface area (Å²) in [6.45, 7) is 6.64. The lowest BCUT2D eigenvalue weighted by atomic mass is 9.83. The van der Waals surface area contributed by atoms with Crippen LogP contribution in [-0.2, 0) is 5.41 Å². The number of hydrogen-bond donors (Lipinski definition) is 0. The second-order valence-corrected chi connectivity index (χ2v) is 9.48. The fourth-order valence-corrected chi connectivity index (χ4v) is 5.09. The van der Waals surface area contributed by atoms with Crippen LogP contribution >= 0.6 is 11.3 Å². The van der Waals surface area contributed by atoms with Gasteiger partial charge < -0.3 is 0 Å². The van der Waals surface area contributed by atoms with Gasteiger partial charge in [-0.05, 0) is 75.0 Å². The number of benzene rings is 4. The topological polar surface area (TPSA) is 17.1 Å². The summed E-state index contributed by atoms with van der Waals surface area (Å²) >= 11 is 1.54. The lowest BCUT2D eigenvalue weighted by Gasteiger charge is -2.21. The van der Waals surface area contributed by atoms with Crippen LogP contribution in [0, 0.1) is 5.82 Å². The van der Waals surface area contributed by atoms with Crippen molar-refractivity contribution in [1.82, 2.24) is 0 Å². The van der Waals surface area contributed by atoms with Crippen molar-refractivity contribution in [2.24, 2.45) is 0 Å². The van der Waals surface area contributed by atoms with Crippen molar-refractivity contribution >= 4 is 53.1 Å². The number of fused-ring (bicyclic) bond motifs is 4. The lowest BCUT2D eigenvalue weighted by molar-refractivity contribution is 0.596. The fourth-order valence-electron chi connectivity index (χ4n) is 4.00. The van der Waals surface area contributed by atoms with Gasteiger partial charge in [0.1, 0.15) is 5.82 Å². The zero-order valence-electron chi connectivity index (χ0n) is 16.0. The third kappa shape index (κ3) is 2.61. The van der Waals surface area contributed by atoms with E-state index in [1.807, 2.05) is 6.07 Å². The third-order valence-electron chi connectivity index (χ3n) is 5.39. The highest BCUT2D eigenvalue weighted by atomic mass is 32.1. The molecule has 0 aliphatic heterocycles. The highest BCUT2D eigenvalue weighted by Gasteiger charge is 2.17. The predicted octanol–water partition coefficient (Wildman–Crippen LogP) is 7.16. The Balaban J connectivity index is 1.91. The van der Waals surface area contributed by atoms with E-state index < -0.39 is 0 Å². The summed E-state index contributed by atoms with van der Waals surface area (Å²) in [6, 6.07) is 19.3. The van der Waals surface area contributed by atoms with Gasteiger partial charge in [-0.1, -0.05) is 39.0 Å². The van der Waals surface area contributed by atoms with E-state index in [0.717, 1.165) is 20.2 Å². The molecule has 0 aliphatic carbocycles. The van der Waals surface area contributed by atoms with Crippen LogP contribution < -0.4 is 5.43 Å². The van der Waals surface area contributed by atoms with Gasteiger partial charge in [0.05, 0.1) is 0 Å². The summed E-state index contributed by atoms with van der Waals surface area (Å²) in [5.74, 6) is -0.377. The molecule has 0 bridgehead atoms. The molecule has 0 radical (unpaired) electrons. The molecule has 0 fully saturated rings. The predicted molar refractivity (Wildman–Crippen MR) is 119 cm³/mol. The molecule has 0 N–H and O–H groups in total. The first-order chi connectivity index (χ1) is 13.3. The first-order valence-corrected chi connectivity index (χ1v) is 10.2. The second-order valence-electron chi connectivity index (χ2n) is 8.40. The van der Waals surface area contributed by atoms with Crippen LogP contribution in [0.4, 0.5) is 4.39 Å². The normalized spacial score (nSPS) is 12.4. The Morgan fingerprint density at radius 2 is 1.46 bits per heavy atom. The quantitative estimate of drug-likeness (QED) is 0.258. The molecule has 1 nitrogen and oxygen atoms in total. The summed E-state index contributed by atoms with van der Waals surface area (Å²) in [4.78, 5) is 13.0. The first kappa shape index (κ1) is 17.3. The molecule has 0 aliphatic rings. The SMILES string of the molecule is CC(C)(C)c1cccc2cc3cc4sc5ccc(F)cc5c(=O)c4cc3cc12. The van der Waals surface area contributed by atoms with Gasteiger partial charge in [-0.2, -0.15) is 0 Å². The van der Waals surface area contributed by atoms with Gasteiger partial charge in [0.2, 0.25) is 0 Å². The van der Waals surface area contributed by atoms with Gasteiger partial charge in [0, 0.05) is 20.2 Å². The summed E-state index contributed by atoms with van der Waals surface area (Å²) in [5, 5.41) is 5.68. The van der Waals surface area contributed by atoms with E-state index in [9.17, 15) is 9.18 Å². The summed E-state index contributed by atoms with van der Waals surface area (Å²) in [6.07, 6.45) is 0. The molecule has 0 saturated heterocycles. The average molecular weight is 386 g/mol. The summed E-state index contributed by atoms with van der Waals surface area (Å²) < 4.78 is 15.4. The van der Waals surface area contributed by atoms with Gasteiger partial charge in [0.25, 0.3) is 0 Å². The molecule has 0 saturated carbocycles. The minimum atomic E-state index is -0.377. The van der Waals surface area contributed by atoms with Crippen LogP contribution in [0.2, 0.25) is 0 Å². The average Bonchev–Trinajstić information content (AvgIpc) is 2.65. The van der Waals surface area contributed by atoms with Gasteiger partial charge >= 0.3 is 0 Å². The Bertz CT molecular complexity index is 1470. The number of hydrogen-bond acceptors (Lipinski definition) is 2. The van der Waals surface area contributed by atoms with Gasteiger partial charge in [-0.25, -0.2) is 4.39 Å². The standard InChI is InChI=1S/C25H19FOS/c1-25(2,3)21-6-4-5-14-9-15-12-23-19(11-16(15)10-18(14)21)24(27)20-13-17(26)7-8-22(20)28-23/h4-13H,1-3H3. The zero-order valence-corrected chi connectivity index (χ0v) is 16.8. The highest BCUT2D eigenvalue weighted by molar-refractivity contribution is 7.24. The minimum absolute atomic E-state index is 0.0313. The van der Waals surface area contributed by atoms with Gasteiger partial charge in [-0.3, -0.25) is 4.79 Å².